The topological polar surface area (TPSA) is 33.4 Å². The molecule has 2 heteroatoms. The number of aliphatic hydroxyl groups excluding tert-OH is 1. The molecule has 1 aromatic carbocycles. The molecule has 0 aliphatic heterocycles. The minimum Gasteiger partial charge on any atom is -0.459 e. The molecule has 0 fully saturated rings. The van der Waals surface area contributed by atoms with Crippen molar-refractivity contribution in [3.05, 3.63) is 47.7 Å². The molecule has 1 N–H and O–H groups in total. The summed E-state index contributed by atoms with van der Waals surface area (Å²) >= 11 is 0. The lowest BCUT2D eigenvalue weighted by atomic mass is 10.1. The molecule has 0 saturated carbocycles. The Labute approximate surface area is 95.5 Å². The molecule has 0 amide bonds. The molecular weight excluding hydrogens is 200 g/mol. The van der Waals surface area contributed by atoms with Crippen molar-refractivity contribution in [3.8, 4) is 11.3 Å². The van der Waals surface area contributed by atoms with E-state index in [-0.39, 0.29) is 6.61 Å². The number of furan rings is 1. The average molecular weight is 216 g/mol. The molecule has 0 bridgehead atoms. The predicted molar refractivity (Wildman–Crippen MR) is 64.1 cm³/mol. The molecular formula is C14H16O2. The molecule has 2 nitrogen and oxygen atoms in total. The fourth-order valence-electron chi connectivity index (χ4n) is 1.74. The van der Waals surface area contributed by atoms with E-state index in [0.717, 1.165) is 24.2 Å². The van der Waals surface area contributed by atoms with E-state index in [1.165, 1.54) is 5.56 Å². The summed E-state index contributed by atoms with van der Waals surface area (Å²) < 4.78 is 5.47. The molecule has 2 aromatic rings. The van der Waals surface area contributed by atoms with Crippen LogP contribution >= 0.6 is 0 Å². The molecule has 0 saturated heterocycles. The zero-order valence-corrected chi connectivity index (χ0v) is 9.44. The van der Waals surface area contributed by atoms with Crippen LogP contribution in [0.4, 0.5) is 0 Å². The van der Waals surface area contributed by atoms with Gasteiger partial charge in [0.15, 0.2) is 0 Å². The summed E-state index contributed by atoms with van der Waals surface area (Å²) in [6.45, 7) is 2.13. The van der Waals surface area contributed by atoms with Crippen LogP contribution in [0.25, 0.3) is 11.3 Å². The van der Waals surface area contributed by atoms with E-state index in [4.69, 9.17) is 9.52 Å². The predicted octanol–water partition coefficient (Wildman–Crippen LogP) is 3.39. The van der Waals surface area contributed by atoms with E-state index in [1.54, 1.807) is 6.07 Å². The van der Waals surface area contributed by atoms with Crippen molar-refractivity contribution >= 4 is 0 Å². The molecule has 0 spiro atoms. The Hall–Kier alpha value is -1.54. The molecule has 1 heterocycles. The second-order valence-electron chi connectivity index (χ2n) is 3.87. The van der Waals surface area contributed by atoms with Crippen LogP contribution in [0, 0.1) is 0 Å². The monoisotopic (exact) mass is 216 g/mol. The van der Waals surface area contributed by atoms with Crippen molar-refractivity contribution in [3.63, 3.8) is 0 Å². The minimum atomic E-state index is -0.0477. The van der Waals surface area contributed by atoms with Crippen molar-refractivity contribution in [2.45, 2.75) is 26.4 Å². The molecule has 0 atom stereocenters. The molecule has 1 aromatic heterocycles. The van der Waals surface area contributed by atoms with E-state index in [2.05, 4.69) is 31.2 Å². The Morgan fingerprint density at radius 1 is 1.06 bits per heavy atom. The van der Waals surface area contributed by atoms with Gasteiger partial charge in [-0.05, 0) is 24.1 Å². The van der Waals surface area contributed by atoms with Gasteiger partial charge in [0.25, 0.3) is 0 Å². The van der Waals surface area contributed by atoms with Gasteiger partial charge >= 0.3 is 0 Å². The third-order valence-corrected chi connectivity index (χ3v) is 2.59. The van der Waals surface area contributed by atoms with Gasteiger partial charge in [0.05, 0.1) is 0 Å². The van der Waals surface area contributed by atoms with Gasteiger partial charge in [0.2, 0.25) is 0 Å². The van der Waals surface area contributed by atoms with E-state index in [0.29, 0.717) is 5.76 Å². The van der Waals surface area contributed by atoms with Crippen LogP contribution in [0.2, 0.25) is 0 Å². The summed E-state index contributed by atoms with van der Waals surface area (Å²) in [5.74, 6) is 1.42. The summed E-state index contributed by atoms with van der Waals surface area (Å²) in [4.78, 5) is 0. The molecule has 0 aliphatic rings. The van der Waals surface area contributed by atoms with Crippen LogP contribution in [-0.4, -0.2) is 5.11 Å². The normalized spacial score (nSPS) is 10.6. The SMILES string of the molecule is CCCc1ccc(-c2ccc(CO)o2)cc1. The number of aryl methyl sites for hydroxylation is 1. The van der Waals surface area contributed by atoms with Crippen LogP contribution in [0.5, 0.6) is 0 Å². The van der Waals surface area contributed by atoms with Crippen LogP contribution in [-0.2, 0) is 13.0 Å². The van der Waals surface area contributed by atoms with Crippen molar-refractivity contribution in [1.82, 2.24) is 0 Å². The molecule has 84 valence electrons. The number of benzene rings is 1. The second kappa shape index (κ2) is 4.99. The van der Waals surface area contributed by atoms with E-state index in [1.807, 2.05) is 6.07 Å². The minimum absolute atomic E-state index is 0.0477. The smallest absolute Gasteiger partial charge is 0.134 e. The molecule has 0 radical (unpaired) electrons. The zero-order chi connectivity index (χ0) is 11.4. The maximum Gasteiger partial charge on any atom is 0.134 e. The Balaban J connectivity index is 2.20. The van der Waals surface area contributed by atoms with Crippen molar-refractivity contribution in [2.75, 3.05) is 0 Å². The number of hydrogen-bond acceptors (Lipinski definition) is 2. The fraction of sp³-hybridized carbons (Fsp3) is 0.286. The zero-order valence-electron chi connectivity index (χ0n) is 9.44. The summed E-state index contributed by atoms with van der Waals surface area (Å²) in [5.41, 5.74) is 2.40. The van der Waals surface area contributed by atoms with Gasteiger partial charge in [0.1, 0.15) is 18.1 Å². The molecule has 2 rings (SSSR count). The molecule has 16 heavy (non-hydrogen) atoms. The first-order valence-electron chi connectivity index (χ1n) is 5.62. The third kappa shape index (κ3) is 2.34. The van der Waals surface area contributed by atoms with Crippen LogP contribution in [0.1, 0.15) is 24.7 Å². The van der Waals surface area contributed by atoms with E-state index in [9.17, 15) is 0 Å². The first-order chi connectivity index (χ1) is 7.83. The van der Waals surface area contributed by atoms with Gasteiger partial charge in [-0.2, -0.15) is 0 Å². The fourth-order valence-corrected chi connectivity index (χ4v) is 1.74. The highest BCUT2D eigenvalue weighted by atomic mass is 16.4. The summed E-state index contributed by atoms with van der Waals surface area (Å²) in [7, 11) is 0. The maximum atomic E-state index is 8.92. The van der Waals surface area contributed by atoms with Crippen molar-refractivity contribution in [1.29, 1.82) is 0 Å². The van der Waals surface area contributed by atoms with Gasteiger partial charge in [0, 0.05) is 5.56 Å². The lowest BCUT2D eigenvalue weighted by Crippen LogP contribution is -1.82. The van der Waals surface area contributed by atoms with Crippen LogP contribution in [0.3, 0.4) is 0 Å². The Bertz CT molecular complexity index is 440. The van der Waals surface area contributed by atoms with Gasteiger partial charge < -0.3 is 9.52 Å². The van der Waals surface area contributed by atoms with Crippen LogP contribution < -0.4 is 0 Å². The standard InChI is InChI=1S/C14H16O2/c1-2-3-11-4-6-12(7-5-11)14-9-8-13(10-15)16-14/h4-9,15H,2-3,10H2,1H3. The first kappa shape index (κ1) is 11.0. The number of aliphatic hydroxyl groups is 1. The van der Waals surface area contributed by atoms with E-state index >= 15 is 0 Å². The summed E-state index contributed by atoms with van der Waals surface area (Å²) in [5, 5.41) is 8.92. The highest BCUT2D eigenvalue weighted by Crippen LogP contribution is 2.22. The average Bonchev–Trinajstić information content (AvgIpc) is 2.79. The highest BCUT2D eigenvalue weighted by Gasteiger charge is 2.03. The lowest BCUT2D eigenvalue weighted by Gasteiger charge is -2.00. The largest absolute Gasteiger partial charge is 0.459 e. The van der Waals surface area contributed by atoms with Gasteiger partial charge in [-0.1, -0.05) is 37.6 Å². The van der Waals surface area contributed by atoms with Gasteiger partial charge in [-0.3, -0.25) is 0 Å². The second-order valence-corrected chi connectivity index (χ2v) is 3.87. The third-order valence-electron chi connectivity index (χ3n) is 2.59. The van der Waals surface area contributed by atoms with E-state index < -0.39 is 0 Å². The number of hydrogen-bond donors (Lipinski definition) is 1. The quantitative estimate of drug-likeness (QED) is 0.849. The van der Waals surface area contributed by atoms with Gasteiger partial charge in [-0.15, -0.1) is 0 Å². The molecule has 0 unspecified atom stereocenters. The highest BCUT2D eigenvalue weighted by molar-refractivity contribution is 5.57. The van der Waals surface area contributed by atoms with Crippen LogP contribution in [0.15, 0.2) is 40.8 Å². The Morgan fingerprint density at radius 3 is 2.38 bits per heavy atom. The summed E-state index contributed by atoms with van der Waals surface area (Å²) in [6.07, 6.45) is 2.27. The molecule has 0 aliphatic carbocycles. The first-order valence-corrected chi connectivity index (χ1v) is 5.62. The maximum absolute atomic E-state index is 8.92. The lowest BCUT2D eigenvalue weighted by molar-refractivity contribution is 0.248. The number of rotatable bonds is 4. The Morgan fingerprint density at radius 2 is 1.81 bits per heavy atom. The van der Waals surface area contributed by atoms with Crippen molar-refractivity contribution < 1.29 is 9.52 Å². The Kier molecular flexibility index (Phi) is 3.42. The van der Waals surface area contributed by atoms with Crippen molar-refractivity contribution in [2.24, 2.45) is 0 Å². The summed E-state index contributed by atoms with van der Waals surface area (Å²) in [6, 6.07) is 12.1. The van der Waals surface area contributed by atoms with Gasteiger partial charge in [-0.25, -0.2) is 0 Å².